The second-order valence-corrected chi connectivity index (χ2v) is 3.23. The van der Waals surface area contributed by atoms with Crippen molar-refractivity contribution in [3.63, 3.8) is 0 Å². The van der Waals surface area contributed by atoms with Crippen LogP contribution in [0.2, 0.25) is 0 Å². The van der Waals surface area contributed by atoms with Crippen LogP contribution in [-0.4, -0.2) is 43.5 Å². The average Bonchev–Trinajstić information content (AvgIpc) is 2.19. The van der Waals surface area contributed by atoms with E-state index in [0.29, 0.717) is 6.42 Å². The molecule has 1 heterocycles. The molecule has 0 aromatic heterocycles. The zero-order valence-corrected chi connectivity index (χ0v) is 8.00. The van der Waals surface area contributed by atoms with E-state index < -0.39 is 0 Å². The number of carbonyl (C=O) groups is 1. The molecular formula is C10H17NO2. The van der Waals surface area contributed by atoms with Crippen LogP contribution in [0.25, 0.3) is 0 Å². The molecule has 0 aromatic carbocycles. The Morgan fingerprint density at radius 2 is 2.15 bits per heavy atom. The molecule has 0 amide bonds. The predicted octanol–water partition coefficient (Wildman–Crippen LogP) is 0.854. The van der Waals surface area contributed by atoms with Gasteiger partial charge in [-0.1, -0.05) is 6.58 Å². The van der Waals surface area contributed by atoms with E-state index in [1.165, 1.54) is 6.08 Å². The number of ketones is 1. The van der Waals surface area contributed by atoms with Gasteiger partial charge < -0.3 is 4.74 Å². The van der Waals surface area contributed by atoms with Gasteiger partial charge in [-0.2, -0.15) is 0 Å². The number of hydrogen-bond acceptors (Lipinski definition) is 3. The molecule has 0 saturated carbocycles. The van der Waals surface area contributed by atoms with Crippen molar-refractivity contribution in [3.05, 3.63) is 12.7 Å². The highest BCUT2D eigenvalue weighted by atomic mass is 16.5. The number of rotatable bonds is 5. The van der Waals surface area contributed by atoms with Gasteiger partial charge in [-0.15, -0.1) is 0 Å². The Labute approximate surface area is 79.4 Å². The number of ether oxygens (including phenoxy) is 1. The van der Waals surface area contributed by atoms with Gasteiger partial charge >= 0.3 is 0 Å². The van der Waals surface area contributed by atoms with Crippen LogP contribution in [-0.2, 0) is 9.53 Å². The first-order chi connectivity index (χ1) is 6.33. The fourth-order valence-electron chi connectivity index (χ4n) is 1.40. The lowest BCUT2D eigenvalue weighted by molar-refractivity contribution is -0.114. The monoisotopic (exact) mass is 183 g/mol. The maximum absolute atomic E-state index is 10.9. The van der Waals surface area contributed by atoms with Crippen molar-refractivity contribution in [2.75, 3.05) is 32.8 Å². The Bertz CT molecular complexity index is 174. The Morgan fingerprint density at radius 3 is 2.77 bits per heavy atom. The molecule has 1 aliphatic heterocycles. The van der Waals surface area contributed by atoms with Crippen LogP contribution in [0.1, 0.15) is 12.8 Å². The van der Waals surface area contributed by atoms with Gasteiger partial charge in [-0.25, -0.2) is 0 Å². The molecule has 1 aliphatic rings. The largest absolute Gasteiger partial charge is 0.379 e. The summed E-state index contributed by atoms with van der Waals surface area (Å²) in [6.07, 6.45) is 2.96. The van der Waals surface area contributed by atoms with Crippen molar-refractivity contribution in [3.8, 4) is 0 Å². The van der Waals surface area contributed by atoms with Crippen LogP contribution in [0.4, 0.5) is 0 Å². The Morgan fingerprint density at radius 1 is 1.46 bits per heavy atom. The van der Waals surface area contributed by atoms with Crippen LogP contribution in [0, 0.1) is 0 Å². The molecule has 1 saturated heterocycles. The van der Waals surface area contributed by atoms with Gasteiger partial charge in [0.1, 0.15) is 0 Å². The lowest BCUT2D eigenvalue weighted by Crippen LogP contribution is -2.36. The predicted molar refractivity (Wildman–Crippen MR) is 51.7 cm³/mol. The van der Waals surface area contributed by atoms with E-state index in [4.69, 9.17) is 4.74 Å². The van der Waals surface area contributed by atoms with Crippen molar-refractivity contribution < 1.29 is 9.53 Å². The molecule has 1 fully saturated rings. The van der Waals surface area contributed by atoms with Gasteiger partial charge in [0.2, 0.25) is 0 Å². The van der Waals surface area contributed by atoms with Gasteiger partial charge in [0.15, 0.2) is 5.78 Å². The molecule has 0 aromatic rings. The third kappa shape index (κ3) is 4.20. The molecule has 3 heteroatoms. The summed E-state index contributed by atoms with van der Waals surface area (Å²) in [5.41, 5.74) is 0. The summed E-state index contributed by atoms with van der Waals surface area (Å²) in [7, 11) is 0. The number of nitrogens with zero attached hydrogens (tertiary/aromatic N) is 1. The first-order valence-electron chi connectivity index (χ1n) is 4.78. The second-order valence-electron chi connectivity index (χ2n) is 3.23. The number of carbonyl (C=O) groups excluding carboxylic acids is 1. The average molecular weight is 183 g/mol. The summed E-state index contributed by atoms with van der Waals surface area (Å²) in [6, 6.07) is 0. The molecule has 3 nitrogen and oxygen atoms in total. The van der Waals surface area contributed by atoms with Crippen LogP contribution in [0.5, 0.6) is 0 Å². The molecular weight excluding hydrogens is 166 g/mol. The quantitative estimate of drug-likeness (QED) is 0.592. The molecule has 0 spiro atoms. The van der Waals surface area contributed by atoms with E-state index in [0.717, 1.165) is 39.3 Å². The molecule has 74 valence electrons. The molecule has 0 atom stereocenters. The first-order valence-corrected chi connectivity index (χ1v) is 4.78. The summed E-state index contributed by atoms with van der Waals surface area (Å²) in [5, 5.41) is 0. The molecule has 0 aliphatic carbocycles. The van der Waals surface area contributed by atoms with Crippen molar-refractivity contribution in [2.45, 2.75) is 12.8 Å². The van der Waals surface area contributed by atoms with Gasteiger partial charge in [-0.05, 0) is 19.0 Å². The van der Waals surface area contributed by atoms with E-state index >= 15 is 0 Å². The molecule has 1 rings (SSSR count). The van der Waals surface area contributed by atoms with Crippen LogP contribution in [0.3, 0.4) is 0 Å². The smallest absolute Gasteiger partial charge is 0.155 e. The zero-order chi connectivity index (χ0) is 9.52. The van der Waals surface area contributed by atoms with Gasteiger partial charge in [-0.3, -0.25) is 9.69 Å². The maximum atomic E-state index is 10.9. The number of morpholine rings is 1. The third-order valence-electron chi connectivity index (χ3n) is 2.23. The highest BCUT2D eigenvalue weighted by Gasteiger charge is 2.09. The van der Waals surface area contributed by atoms with Crippen LogP contribution >= 0.6 is 0 Å². The van der Waals surface area contributed by atoms with E-state index in [9.17, 15) is 4.79 Å². The van der Waals surface area contributed by atoms with Crippen molar-refractivity contribution in [1.82, 2.24) is 4.90 Å². The lowest BCUT2D eigenvalue weighted by Gasteiger charge is -2.26. The van der Waals surface area contributed by atoms with Crippen molar-refractivity contribution in [2.24, 2.45) is 0 Å². The minimum Gasteiger partial charge on any atom is -0.379 e. The fourth-order valence-corrected chi connectivity index (χ4v) is 1.40. The van der Waals surface area contributed by atoms with Crippen LogP contribution < -0.4 is 0 Å². The highest BCUT2D eigenvalue weighted by molar-refractivity contribution is 5.88. The van der Waals surface area contributed by atoms with Gasteiger partial charge in [0.25, 0.3) is 0 Å². The van der Waals surface area contributed by atoms with E-state index in [-0.39, 0.29) is 5.78 Å². The summed E-state index contributed by atoms with van der Waals surface area (Å²) in [5.74, 6) is 0.147. The third-order valence-corrected chi connectivity index (χ3v) is 2.23. The second kappa shape index (κ2) is 5.89. The molecule has 13 heavy (non-hydrogen) atoms. The topological polar surface area (TPSA) is 29.5 Å². The number of allylic oxidation sites excluding steroid dienone is 1. The summed E-state index contributed by atoms with van der Waals surface area (Å²) < 4.78 is 5.22. The van der Waals surface area contributed by atoms with Gasteiger partial charge in [0.05, 0.1) is 13.2 Å². The van der Waals surface area contributed by atoms with E-state index in [1.54, 1.807) is 0 Å². The van der Waals surface area contributed by atoms with Crippen LogP contribution in [0.15, 0.2) is 12.7 Å². The normalized spacial score (nSPS) is 18.5. The Hall–Kier alpha value is -0.670. The SMILES string of the molecule is C=CC(=O)CCCN1CCOCC1. The molecule has 0 unspecified atom stereocenters. The zero-order valence-electron chi connectivity index (χ0n) is 8.00. The van der Waals surface area contributed by atoms with Crippen molar-refractivity contribution in [1.29, 1.82) is 0 Å². The standard InChI is InChI=1S/C10H17NO2/c1-2-10(12)4-3-5-11-6-8-13-9-7-11/h2H,1,3-9H2. The first kappa shape index (κ1) is 10.4. The van der Waals surface area contributed by atoms with E-state index in [1.807, 2.05) is 0 Å². The Kier molecular flexibility index (Phi) is 4.72. The Balaban J connectivity index is 2.04. The maximum Gasteiger partial charge on any atom is 0.155 e. The number of hydrogen-bond donors (Lipinski definition) is 0. The highest BCUT2D eigenvalue weighted by Crippen LogP contribution is 2.00. The minimum absolute atomic E-state index is 0.147. The molecule has 0 bridgehead atoms. The minimum atomic E-state index is 0.147. The summed E-state index contributed by atoms with van der Waals surface area (Å²) >= 11 is 0. The lowest BCUT2D eigenvalue weighted by atomic mass is 10.2. The van der Waals surface area contributed by atoms with Crippen molar-refractivity contribution >= 4 is 5.78 Å². The molecule has 0 N–H and O–H groups in total. The van der Waals surface area contributed by atoms with Gasteiger partial charge in [0, 0.05) is 19.5 Å². The van der Waals surface area contributed by atoms with E-state index in [2.05, 4.69) is 11.5 Å². The fraction of sp³-hybridized carbons (Fsp3) is 0.700. The molecule has 0 radical (unpaired) electrons. The summed E-state index contributed by atoms with van der Waals surface area (Å²) in [4.78, 5) is 13.2. The summed E-state index contributed by atoms with van der Waals surface area (Å²) in [6.45, 7) is 8.11.